The van der Waals surface area contributed by atoms with Crippen LogP contribution in [0.2, 0.25) is 0 Å². The Hall–Kier alpha value is -5.02. The maximum absolute atomic E-state index is 15.1. The van der Waals surface area contributed by atoms with Gasteiger partial charge < -0.3 is 5.73 Å². The number of hydrogen-bond donors (Lipinski definition) is 2. The van der Waals surface area contributed by atoms with Crippen LogP contribution < -0.4 is 11.4 Å². The number of Topliss-reactive ketones (excluding diaryl/α,β-unsaturated/α-hetero) is 1. The number of rotatable bonds is 8. The lowest BCUT2D eigenvalue weighted by atomic mass is 9.86. The molecule has 0 amide bonds. The SMILES string of the molecule is Cc1c(-c2cc(N)cnc2[C@@H](CC(=O)Cn2nc(C(F)(F)F)c3c2C(F)(F)[C@@H]2C[C@H]32)Cc2cc(F)cc(F)c2)ccc2n[nH]c(=O)n12. The summed E-state index contributed by atoms with van der Waals surface area (Å²) in [6.07, 6.45) is -4.47. The van der Waals surface area contributed by atoms with Crippen LogP contribution in [0, 0.1) is 24.5 Å². The first-order chi connectivity index (χ1) is 22.1. The summed E-state index contributed by atoms with van der Waals surface area (Å²) >= 11 is 0. The highest BCUT2D eigenvalue weighted by atomic mass is 19.4. The van der Waals surface area contributed by atoms with Crippen LogP contribution in [-0.2, 0) is 29.9 Å². The van der Waals surface area contributed by atoms with E-state index in [9.17, 15) is 31.5 Å². The smallest absolute Gasteiger partial charge is 0.397 e. The number of fused-ring (bicyclic) bond motifs is 4. The molecule has 3 N–H and O–H groups in total. The molecule has 2 aliphatic carbocycles. The van der Waals surface area contributed by atoms with Gasteiger partial charge in [0.05, 0.1) is 17.6 Å². The van der Waals surface area contributed by atoms with Crippen LogP contribution in [0.1, 0.15) is 58.6 Å². The van der Waals surface area contributed by atoms with Crippen LogP contribution >= 0.6 is 0 Å². The van der Waals surface area contributed by atoms with Crippen molar-refractivity contribution in [2.75, 3.05) is 5.73 Å². The third kappa shape index (κ3) is 5.15. The summed E-state index contributed by atoms with van der Waals surface area (Å²) in [7, 11) is 0. The average molecular weight is 660 g/mol. The van der Waals surface area contributed by atoms with Gasteiger partial charge in [-0.1, -0.05) is 0 Å². The van der Waals surface area contributed by atoms with Crippen molar-refractivity contribution in [2.24, 2.45) is 5.92 Å². The van der Waals surface area contributed by atoms with E-state index in [2.05, 4.69) is 20.3 Å². The predicted molar refractivity (Wildman–Crippen MR) is 153 cm³/mol. The van der Waals surface area contributed by atoms with Crippen molar-refractivity contribution in [1.82, 2.24) is 29.4 Å². The number of halogens is 7. The second-order valence-corrected chi connectivity index (χ2v) is 12.0. The highest BCUT2D eigenvalue weighted by molar-refractivity contribution is 5.80. The zero-order chi connectivity index (χ0) is 33.6. The van der Waals surface area contributed by atoms with Gasteiger partial charge in [-0.15, -0.1) is 0 Å². The van der Waals surface area contributed by atoms with Crippen LogP contribution in [0.15, 0.2) is 47.4 Å². The molecule has 4 heterocycles. The predicted octanol–water partition coefficient (Wildman–Crippen LogP) is 5.66. The van der Waals surface area contributed by atoms with E-state index in [0.717, 1.165) is 12.1 Å². The summed E-state index contributed by atoms with van der Waals surface area (Å²) in [6, 6.07) is 7.51. The van der Waals surface area contributed by atoms with Crippen LogP contribution in [0.5, 0.6) is 0 Å². The molecule has 0 bridgehead atoms. The number of hydrogen-bond acceptors (Lipinski definition) is 6. The first-order valence-electron chi connectivity index (χ1n) is 14.5. The first kappa shape index (κ1) is 30.6. The number of nitrogens with two attached hydrogens (primary N) is 1. The first-order valence-corrected chi connectivity index (χ1v) is 14.5. The fourth-order valence-corrected chi connectivity index (χ4v) is 6.84. The Bertz CT molecular complexity index is 2130. The van der Waals surface area contributed by atoms with Gasteiger partial charge in [0.1, 0.15) is 23.9 Å². The summed E-state index contributed by atoms with van der Waals surface area (Å²) in [5.41, 5.74) is 4.73. The van der Waals surface area contributed by atoms with Gasteiger partial charge in [-0.2, -0.15) is 32.1 Å². The number of benzene rings is 1. The summed E-state index contributed by atoms with van der Waals surface area (Å²) < 4.78 is 102. The Labute approximate surface area is 260 Å². The lowest BCUT2D eigenvalue weighted by Gasteiger charge is -2.22. The maximum Gasteiger partial charge on any atom is 0.435 e. The van der Waals surface area contributed by atoms with Gasteiger partial charge in [-0.3, -0.25) is 14.5 Å². The van der Waals surface area contributed by atoms with E-state index >= 15 is 8.78 Å². The molecule has 4 aromatic heterocycles. The minimum absolute atomic E-state index is 0.100. The molecule has 7 rings (SSSR count). The molecule has 0 aliphatic heterocycles. The van der Waals surface area contributed by atoms with Crippen molar-refractivity contribution < 1.29 is 35.5 Å². The van der Waals surface area contributed by atoms with Gasteiger partial charge in [0.15, 0.2) is 17.1 Å². The number of anilines is 1. The van der Waals surface area contributed by atoms with Gasteiger partial charge in [0, 0.05) is 46.7 Å². The van der Waals surface area contributed by atoms with E-state index in [1.54, 1.807) is 19.1 Å². The molecule has 244 valence electrons. The van der Waals surface area contributed by atoms with Crippen LogP contribution in [-0.4, -0.2) is 35.1 Å². The molecule has 0 radical (unpaired) electrons. The molecule has 0 saturated heterocycles. The zero-order valence-electron chi connectivity index (χ0n) is 24.4. The van der Waals surface area contributed by atoms with Gasteiger partial charge in [-0.25, -0.2) is 23.1 Å². The summed E-state index contributed by atoms with van der Waals surface area (Å²) in [6.45, 7) is 0.733. The molecule has 1 aromatic carbocycles. The van der Waals surface area contributed by atoms with Gasteiger partial charge in [0.25, 0.3) is 5.92 Å². The molecule has 47 heavy (non-hydrogen) atoms. The van der Waals surface area contributed by atoms with Crippen LogP contribution in [0.4, 0.5) is 36.4 Å². The minimum atomic E-state index is -5.01. The number of carbonyl (C=O) groups excluding carboxylic acids is 1. The largest absolute Gasteiger partial charge is 0.435 e. The summed E-state index contributed by atoms with van der Waals surface area (Å²) in [5, 5.41) is 9.73. The number of nitrogens with one attached hydrogen (secondary N) is 1. The van der Waals surface area contributed by atoms with Crippen molar-refractivity contribution in [3.63, 3.8) is 0 Å². The molecule has 1 fully saturated rings. The number of nitrogen functional groups attached to an aromatic ring is 1. The quantitative estimate of drug-likeness (QED) is 0.207. The second kappa shape index (κ2) is 10.5. The minimum Gasteiger partial charge on any atom is -0.397 e. The van der Waals surface area contributed by atoms with E-state index in [1.165, 1.54) is 16.7 Å². The van der Waals surface area contributed by atoms with Crippen molar-refractivity contribution >= 4 is 17.1 Å². The van der Waals surface area contributed by atoms with Crippen molar-refractivity contribution in [3.05, 3.63) is 98.6 Å². The molecule has 9 nitrogen and oxygen atoms in total. The Morgan fingerprint density at radius 3 is 2.55 bits per heavy atom. The van der Waals surface area contributed by atoms with Crippen molar-refractivity contribution in [1.29, 1.82) is 0 Å². The van der Waals surface area contributed by atoms with Crippen LogP contribution in [0.3, 0.4) is 0 Å². The fourth-order valence-electron chi connectivity index (χ4n) is 6.84. The monoisotopic (exact) mass is 659 g/mol. The number of nitrogens with zero attached hydrogens (tertiary/aromatic N) is 5. The number of H-pyrrole nitrogens is 1. The molecule has 0 spiro atoms. The standard InChI is InChI=1S/C31H24F7N7O2/c1-13-20(2-3-24-41-42-29(47)45(13)24)21-9-18(39)11-40-26(21)15(4-14-5-16(32)8-17(33)6-14)7-19(46)12-44-28-25(27(43-44)31(36,37)38)22-10-23(22)30(28,34)35/h2-3,5-6,8-9,11,15,22-23H,4,7,10,12,39H2,1H3,(H,42,47)/t15-,22+,23-/m1/s1. The number of alkyl halides is 5. The molecule has 5 aromatic rings. The lowest BCUT2D eigenvalue weighted by molar-refractivity contribution is -0.142. The number of carbonyl (C=O) groups is 1. The topological polar surface area (TPSA) is 124 Å². The van der Waals surface area contributed by atoms with Crippen molar-refractivity contribution in [2.45, 2.75) is 56.7 Å². The average Bonchev–Trinajstić information content (AvgIpc) is 3.46. The Balaban J connectivity index is 1.30. The lowest BCUT2D eigenvalue weighted by Crippen LogP contribution is -2.24. The highest BCUT2D eigenvalue weighted by Crippen LogP contribution is 2.68. The molecule has 1 saturated carbocycles. The summed E-state index contributed by atoms with van der Waals surface area (Å²) in [4.78, 5) is 30.5. The van der Waals surface area contributed by atoms with E-state index in [4.69, 9.17) is 5.73 Å². The number of aryl methyl sites for hydroxylation is 1. The molecule has 3 atom stereocenters. The van der Waals surface area contributed by atoms with Crippen molar-refractivity contribution in [3.8, 4) is 11.1 Å². The van der Waals surface area contributed by atoms with Gasteiger partial charge >= 0.3 is 11.9 Å². The second-order valence-electron chi connectivity index (χ2n) is 12.0. The van der Waals surface area contributed by atoms with E-state index < -0.39 is 82.9 Å². The molecular weight excluding hydrogens is 635 g/mol. The fraction of sp³-hybridized carbons (Fsp3) is 0.323. The van der Waals surface area contributed by atoms with E-state index in [-0.39, 0.29) is 29.8 Å². The normalized spacial score (nSPS) is 18.7. The molecular formula is C31H24F7N7O2. The third-order valence-corrected chi connectivity index (χ3v) is 8.84. The summed E-state index contributed by atoms with van der Waals surface area (Å²) in [5.74, 6) is -9.38. The third-order valence-electron chi connectivity index (χ3n) is 8.84. The number of pyridine rings is 2. The molecule has 2 aliphatic rings. The molecule has 16 heteroatoms. The maximum atomic E-state index is 15.1. The zero-order valence-corrected chi connectivity index (χ0v) is 24.4. The number of aromatic nitrogens is 6. The Morgan fingerprint density at radius 2 is 1.85 bits per heavy atom. The number of ketones is 1. The van der Waals surface area contributed by atoms with Gasteiger partial charge in [0.2, 0.25) is 0 Å². The Kier molecular flexibility index (Phi) is 6.84. The number of aromatic amines is 1. The molecule has 0 unspecified atom stereocenters. The highest BCUT2D eigenvalue weighted by Gasteiger charge is 2.68. The van der Waals surface area contributed by atoms with Crippen LogP contribution in [0.25, 0.3) is 16.8 Å². The van der Waals surface area contributed by atoms with E-state index in [1.807, 2.05) is 0 Å². The van der Waals surface area contributed by atoms with Gasteiger partial charge in [-0.05, 0) is 61.6 Å². The van der Waals surface area contributed by atoms with E-state index in [0.29, 0.717) is 33.2 Å². The Morgan fingerprint density at radius 1 is 1.13 bits per heavy atom.